The lowest BCUT2D eigenvalue weighted by Gasteiger charge is -2.19. The van der Waals surface area contributed by atoms with Crippen LogP contribution in [0.4, 0.5) is 21.6 Å². The van der Waals surface area contributed by atoms with Crippen LogP contribution < -0.4 is 14.8 Å². The summed E-state index contributed by atoms with van der Waals surface area (Å²) < 4.78 is 49.1. The van der Waals surface area contributed by atoms with E-state index >= 15 is 0 Å². The number of aliphatic hydroxyl groups excluding tert-OH is 1. The number of rotatable bonds is 11. The van der Waals surface area contributed by atoms with Crippen molar-refractivity contribution in [3.63, 3.8) is 0 Å². The van der Waals surface area contributed by atoms with Gasteiger partial charge in [0.05, 0.1) is 52.3 Å². The van der Waals surface area contributed by atoms with Crippen molar-refractivity contribution in [3.05, 3.63) is 42.5 Å². The third-order valence-electron chi connectivity index (χ3n) is 6.51. The molecule has 9 nitrogen and oxygen atoms in total. The minimum atomic E-state index is -2.50. The molecule has 3 aromatic rings. The van der Waals surface area contributed by atoms with Crippen molar-refractivity contribution >= 4 is 37.8 Å². The van der Waals surface area contributed by atoms with E-state index in [9.17, 15) is 13.7 Å². The quantitative estimate of drug-likeness (QED) is 0.330. The number of ether oxygens (including phenoxy) is 3. The fraction of sp³-hybridized carbons (Fsp3) is 0.481. The number of hydrogen-bond donors (Lipinski definition) is 2. The van der Waals surface area contributed by atoms with Crippen molar-refractivity contribution < 1.29 is 27.9 Å². The van der Waals surface area contributed by atoms with E-state index in [4.69, 9.17) is 14.2 Å². The van der Waals surface area contributed by atoms with E-state index in [1.165, 1.54) is 31.6 Å². The van der Waals surface area contributed by atoms with Gasteiger partial charge in [-0.3, -0.25) is 0 Å². The second-order valence-corrected chi connectivity index (χ2v) is 12.0. The Hall–Kier alpha value is -3.02. The van der Waals surface area contributed by atoms with Crippen LogP contribution in [0.3, 0.4) is 0 Å². The second-order valence-electron chi connectivity index (χ2n) is 9.44. The molecule has 38 heavy (non-hydrogen) atoms. The molecule has 0 spiro atoms. The van der Waals surface area contributed by atoms with Gasteiger partial charge in [-0.15, -0.1) is 0 Å². The van der Waals surface area contributed by atoms with E-state index in [2.05, 4.69) is 33.5 Å². The first-order chi connectivity index (χ1) is 18.2. The van der Waals surface area contributed by atoms with Gasteiger partial charge in [0.1, 0.15) is 35.6 Å². The summed E-state index contributed by atoms with van der Waals surface area (Å²) in [4.78, 5) is 8.79. The van der Waals surface area contributed by atoms with Crippen LogP contribution in [-0.4, -0.2) is 63.3 Å². The van der Waals surface area contributed by atoms with E-state index in [0.717, 1.165) is 25.7 Å². The van der Waals surface area contributed by atoms with Gasteiger partial charge < -0.3 is 24.6 Å². The molecule has 0 amide bonds. The van der Waals surface area contributed by atoms with Crippen molar-refractivity contribution in [2.24, 2.45) is 4.36 Å². The molecular weight excluding hydrogens is 511 g/mol. The summed E-state index contributed by atoms with van der Waals surface area (Å²) in [6, 6.07) is 7.56. The number of anilines is 2. The Kier molecular flexibility index (Phi) is 9.01. The molecule has 2 N–H and O–H groups in total. The summed E-state index contributed by atoms with van der Waals surface area (Å²) in [5.74, 6) is 0.583. The molecular formula is C27H35FN4O5S. The van der Waals surface area contributed by atoms with Crippen molar-refractivity contribution in [2.75, 3.05) is 31.9 Å². The van der Waals surface area contributed by atoms with Crippen LogP contribution in [0.15, 0.2) is 41.0 Å². The average Bonchev–Trinajstić information content (AvgIpc) is 3.28. The summed E-state index contributed by atoms with van der Waals surface area (Å²) in [6.45, 7) is 4.53. The Balaban J connectivity index is 1.73. The number of hydrogen-bond acceptors (Lipinski definition) is 9. The number of halogens is 1. The molecule has 1 unspecified atom stereocenters. The SMILES string of the molecule is CCCC(CCC)S(C)(=O)=Nc1cc(OC)c2c(Nc3ccc(F)cc3O[C@H]3COC[C@@H]3O)ncnc2c1. The molecule has 2 aromatic carbocycles. The van der Waals surface area contributed by atoms with Gasteiger partial charge in [0.15, 0.2) is 6.10 Å². The van der Waals surface area contributed by atoms with Gasteiger partial charge in [0.2, 0.25) is 0 Å². The van der Waals surface area contributed by atoms with Crippen LogP contribution in [0.2, 0.25) is 0 Å². The van der Waals surface area contributed by atoms with Gasteiger partial charge >= 0.3 is 0 Å². The van der Waals surface area contributed by atoms with Gasteiger partial charge in [-0.1, -0.05) is 26.7 Å². The van der Waals surface area contributed by atoms with Crippen LogP contribution in [0.5, 0.6) is 11.5 Å². The number of benzene rings is 2. The number of methoxy groups -OCH3 is 1. The fourth-order valence-electron chi connectivity index (χ4n) is 4.58. The smallest absolute Gasteiger partial charge is 0.150 e. The maximum Gasteiger partial charge on any atom is 0.150 e. The average molecular weight is 547 g/mol. The standard InChI is InChI=1S/C27H35FN4O5S/c1-5-7-19(8-6-2)38(4,34)32-18-12-21-26(24(13-18)35-3)27(30-16-29-21)31-20-10-9-17(28)11-23(20)37-25-15-36-14-22(25)33/h9-13,16,19,22,25,33H,5-8,14-15H2,1-4H3,(H,29,30,31)/t22-,25-,38?/m0/s1. The molecule has 4 rings (SSSR count). The monoisotopic (exact) mass is 546 g/mol. The van der Waals surface area contributed by atoms with Crippen LogP contribution >= 0.6 is 0 Å². The summed E-state index contributed by atoms with van der Waals surface area (Å²) in [5.41, 5.74) is 1.51. The third kappa shape index (κ3) is 6.33. The molecule has 2 heterocycles. The fourth-order valence-corrected chi connectivity index (χ4v) is 6.60. The molecule has 1 aromatic heterocycles. The third-order valence-corrected chi connectivity index (χ3v) is 8.79. The Labute approximate surface area is 222 Å². The van der Waals surface area contributed by atoms with Crippen molar-refractivity contribution in [1.82, 2.24) is 9.97 Å². The van der Waals surface area contributed by atoms with Crippen molar-refractivity contribution in [1.29, 1.82) is 0 Å². The zero-order chi connectivity index (χ0) is 27.3. The molecule has 0 saturated carbocycles. The number of aromatic nitrogens is 2. The van der Waals surface area contributed by atoms with Gasteiger partial charge in [0.25, 0.3) is 0 Å². The summed E-state index contributed by atoms with van der Waals surface area (Å²) >= 11 is 0. The van der Waals surface area contributed by atoms with E-state index < -0.39 is 27.8 Å². The Bertz CT molecular complexity index is 1390. The highest BCUT2D eigenvalue weighted by atomic mass is 32.2. The molecule has 3 atom stereocenters. The van der Waals surface area contributed by atoms with Crippen LogP contribution in [0.1, 0.15) is 39.5 Å². The zero-order valence-electron chi connectivity index (χ0n) is 22.1. The minimum absolute atomic E-state index is 0.00232. The normalized spacial score (nSPS) is 18.9. The number of nitrogens with one attached hydrogen (secondary N) is 1. The Morgan fingerprint density at radius 3 is 2.61 bits per heavy atom. The minimum Gasteiger partial charge on any atom is -0.496 e. The highest BCUT2D eigenvalue weighted by Crippen LogP contribution is 2.38. The topological polar surface area (TPSA) is 115 Å². The van der Waals surface area contributed by atoms with E-state index in [-0.39, 0.29) is 24.2 Å². The number of aliphatic hydroxyl groups is 1. The lowest BCUT2D eigenvalue weighted by Crippen LogP contribution is -2.30. The lowest BCUT2D eigenvalue weighted by molar-refractivity contribution is 0.0736. The summed E-state index contributed by atoms with van der Waals surface area (Å²) in [5, 5.41) is 13.9. The molecule has 1 saturated heterocycles. The molecule has 11 heteroatoms. The first-order valence-corrected chi connectivity index (χ1v) is 14.8. The Morgan fingerprint density at radius 1 is 1.18 bits per heavy atom. The van der Waals surface area contributed by atoms with Gasteiger partial charge in [-0.2, -0.15) is 4.36 Å². The maximum absolute atomic E-state index is 14.1. The molecule has 1 fully saturated rings. The molecule has 1 aliphatic heterocycles. The predicted octanol–water partition coefficient (Wildman–Crippen LogP) is 5.36. The lowest BCUT2D eigenvalue weighted by atomic mass is 10.1. The van der Waals surface area contributed by atoms with E-state index in [1.54, 1.807) is 18.4 Å². The largest absolute Gasteiger partial charge is 0.496 e. The summed E-state index contributed by atoms with van der Waals surface area (Å²) in [7, 11) is -0.969. The van der Waals surface area contributed by atoms with Crippen LogP contribution in [0.25, 0.3) is 10.9 Å². The first-order valence-electron chi connectivity index (χ1n) is 12.8. The molecule has 0 radical (unpaired) electrons. The van der Waals surface area contributed by atoms with E-state index in [1.807, 2.05) is 0 Å². The molecule has 206 valence electrons. The molecule has 0 bridgehead atoms. The number of fused-ring (bicyclic) bond motifs is 1. The highest BCUT2D eigenvalue weighted by Gasteiger charge is 2.29. The zero-order valence-corrected chi connectivity index (χ0v) is 23.0. The van der Waals surface area contributed by atoms with Gasteiger partial charge in [-0.05, 0) is 31.0 Å². The summed E-state index contributed by atoms with van der Waals surface area (Å²) in [6.07, 6.45) is 5.26. The van der Waals surface area contributed by atoms with Gasteiger partial charge in [0, 0.05) is 23.6 Å². The van der Waals surface area contributed by atoms with Gasteiger partial charge in [-0.25, -0.2) is 18.6 Å². The highest BCUT2D eigenvalue weighted by molar-refractivity contribution is 7.93. The van der Waals surface area contributed by atoms with Crippen LogP contribution in [0, 0.1) is 5.82 Å². The molecule has 0 aliphatic carbocycles. The predicted molar refractivity (Wildman–Crippen MR) is 147 cm³/mol. The molecule has 1 aliphatic rings. The second kappa shape index (κ2) is 12.2. The van der Waals surface area contributed by atoms with Crippen molar-refractivity contribution in [3.8, 4) is 11.5 Å². The van der Waals surface area contributed by atoms with Crippen LogP contribution in [-0.2, 0) is 14.5 Å². The van der Waals surface area contributed by atoms with E-state index in [0.29, 0.717) is 33.8 Å². The Morgan fingerprint density at radius 2 is 1.95 bits per heavy atom. The maximum atomic E-state index is 14.1. The number of nitrogens with zero attached hydrogens (tertiary/aromatic N) is 3. The van der Waals surface area contributed by atoms with Crippen molar-refractivity contribution in [2.45, 2.75) is 57.0 Å². The first kappa shape index (κ1) is 28.0.